The summed E-state index contributed by atoms with van der Waals surface area (Å²) in [5.74, 6) is -0.336. The van der Waals surface area contributed by atoms with Crippen LogP contribution < -0.4 is 4.90 Å². The maximum atomic E-state index is 13.4. The van der Waals surface area contributed by atoms with Crippen molar-refractivity contribution in [1.82, 2.24) is 0 Å². The fraction of sp³-hybridized carbons (Fsp3) is 0.462. The molecule has 2 rings (SSSR count). The third-order valence-electron chi connectivity index (χ3n) is 2.80. The number of thioether (sulfide) groups is 1. The Morgan fingerprint density at radius 1 is 1.29 bits per heavy atom. The summed E-state index contributed by atoms with van der Waals surface area (Å²) < 4.78 is 13.4. The van der Waals surface area contributed by atoms with Crippen LogP contribution in [0.1, 0.15) is 19.4 Å². The van der Waals surface area contributed by atoms with Crippen molar-refractivity contribution in [2.75, 3.05) is 18.0 Å². The molecule has 90 valence electrons. The molecular formula is C13H15FN2S. The molecule has 17 heavy (non-hydrogen) atoms. The van der Waals surface area contributed by atoms with Crippen LogP contribution in [-0.2, 0) is 0 Å². The van der Waals surface area contributed by atoms with Gasteiger partial charge in [0.15, 0.2) is 0 Å². The molecule has 0 amide bonds. The average molecular weight is 250 g/mol. The number of nitrogens with zero attached hydrogens (tertiary/aromatic N) is 2. The van der Waals surface area contributed by atoms with E-state index in [2.05, 4.69) is 18.7 Å². The minimum Gasteiger partial charge on any atom is -0.369 e. The van der Waals surface area contributed by atoms with Crippen LogP contribution in [0.3, 0.4) is 0 Å². The van der Waals surface area contributed by atoms with Crippen LogP contribution in [0, 0.1) is 17.1 Å². The maximum Gasteiger partial charge on any atom is 0.126 e. The Hall–Kier alpha value is -1.21. The van der Waals surface area contributed by atoms with Crippen LogP contribution in [0.15, 0.2) is 18.2 Å². The zero-order valence-electron chi connectivity index (χ0n) is 9.98. The molecule has 0 saturated carbocycles. The summed E-state index contributed by atoms with van der Waals surface area (Å²) in [6, 6.07) is 6.54. The van der Waals surface area contributed by atoms with E-state index in [9.17, 15) is 4.39 Å². The molecule has 1 aliphatic rings. The second-order valence-corrected chi connectivity index (χ2v) is 6.35. The molecule has 2 nitrogen and oxygen atoms in total. The van der Waals surface area contributed by atoms with E-state index in [1.807, 2.05) is 17.8 Å². The van der Waals surface area contributed by atoms with Gasteiger partial charge in [-0.3, -0.25) is 0 Å². The van der Waals surface area contributed by atoms with Crippen molar-refractivity contribution < 1.29 is 4.39 Å². The van der Waals surface area contributed by atoms with E-state index in [1.54, 1.807) is 6.07 Å². The predicted octanol–water partition coefficient (Wildman–Crippen LogP) is 3.03. The van der Waals surface area contributed by atoms with Crippen LogP contribution >= 0.6 is 11.8 Å². The van der Waals surface area contributed by atoms with Crippen molar-refractivity contribution in [3.63, 3.8) is 0 Å². The standard InChI is InChI=1S/C13H15FN2S/c1-9-7-16(8-10(2)17-9)13-4-11(6-15)3-12(14)5-13/h3-5,9-10H,7-8H2,1-2H3. The van der Waals surface area contributed by atoms with Gasteiger partial charge in [0, 0.05) is 29.3 Å². The van der Waals surface area contributed by atoms with Gasteiger partial charge in [-0.2, -0.15) is 17.0 Å². The fourth-order valence-electron chi connectivity index (χ4n) is 2.21. The highest BCUT2D eigenvalue weighted by molar-refractivity contribution is 8.00. The second kappa shape index (κ2) is 4.97. The summed E-state index contributed by atoms with van der Waals surface area (Å²) in [4.78, 5) is 2.16. The minimum atomic E-state index is -0.336. The van der Waals surface area contributed by atoms with Crippen molar-refractivity contribution in [1.29, 1.82) is 5.26 Å². The molecule has 2 atom stereocenters. The Bertz CT molecular complexity index is 445. The third kappa shape index (κ3) is 2.92. The van der Waals surface area contributed by atoms with Gasteiger partial charge >= 0.3 is 0 Å². The fourth-order valence-corrected chi connectivity index (χ4v) is 3.54. The van der Waals surface area contributed by atoms with E-state index >= 15 is 0 Å². The summed E-state index contributed by atoms with van der Waals surface area (Å²) in [5.41, 5.74) is 1.21. The van der Waals surface area contributed by atoms with Gasteiger partial charge in [-0.15, -0.1) is 0 Å². The molecule has 2 unspecified atom stereocenters. The van der Waals surface area contributed by atoms with Crippen molar-refractivity contribution in [2.24, 2.45) is 0 Å². The molecule has 0 radical (unpaired) electrons. The molecule has 1 aliphatic heterocycles. The summed E-state index contributed by atoms with van der Waals surface area (Å²) in [5, 5.41) is 9.92. The first kappa shape index (κ1) is 12.3. The quantitative estimate of drug-likeness (QED) is 0.766. The van der Waals surface area contributed by atoms with Crippen LogP contribution in [-0.4, -0.2) is 23.6 Å². The average Bonchev–Trinajstić information content (AvgIpc) is 2.26. The molecule has 1 aromatic rings. The van der Waals surface area contributed by atoms with E-state index in [-0.39, 0.29) is 5.82 Å². The van der Waals surface area contributed by atoms with E-state index in [1.165, 1.54) is 12.1 Å². The maximum absolute atomic E-state index is 13.4. The van der Waals surface area contributed by atoms with Crippen LogP contribution in [0.2, 0.25) is 0 Å². The van der Waals surface area contributed by atoms with Gasteiger partial charge in [-0.25, -0.2) is 4.39 Å². The molecule has 1 fully saturated rings. The Labute approximate surface area is 105 Å². The zero-order valence-corrected chi connectivity index (χ0v) is 10.8. The SMILES string of the molecule is CC1CN(c2cc(F)cc(C#N)c2)CC(C)S1. The number of rotatable bonds is 1. The molecule has 1 saturated heterocycles. The van der Waals surface area contributed by atoms with Gasteiger partial charge in [0.1, 0.15) is 5.82 Å². The van der Waals surface area contributed by atoms with Gasteiger partial charge in [0.25, 0.3) is 0 Å². The lowest BCUT2D eigenvalue weighted by Crippen LogP contribution is -2.40. The normalized spacial score (nSPS) is 24.5. The number of hydrogen-bond acceptors (Lipinski definition) is 3. The lowest BCUT2D eigenvalue weighted by Gasteiger charge is -2.36. The van der Waals surface area contributed by atoms with E-state index in [0.29, 0.717) is 16.1 Å². The second-order valence-electron chi connectivity index (χ2n) is 4.47. The van der Waals surface area contributed by atoms with E-state index < -0.39 is 0 Å². The smallest absolute Gasteiger partial charge is 0.126 e. The van der Waals surface area contributed by atoms with Gasteiger partial charge in [-0.05, 0) is 18.2 Å². The molecule has 1 aromatic carbocycles. The Morgan fingerprint density at radius 2 is 1.94 bits per heavy atom. The first-order valence-corrected chi connectivity index (χ1v) is 6.64. The molecule has 0 spiro atoms. The highest BCUT2D eigenvalue weighted by Gasteiger charge is 2.22. The highest BCUT2D eigenvalue weighted by Crippen LogP contribution is 2.29. The molecular weight excluding hydrogens is 235 g/mol. The van der Waals surface area contributed by atoms with Crippen molar-refractivity contribution >= 4 is 17.4 Å². The van der Waals surface area contributed by atoms with Gasteiger partial charge < -0.3 is 4.90 Å². The highest BCUT2D eigenvalue weighted by atomic mass is 32.2. The summed E-state index contributed by atoms with van der Waals surface area (Å²) in [6.45, 7) is 6.17. The lowest BCUT2D eigenvalue weighted by atomic mass is 10.2. The van der Waals surface area contributed by atoms with Gasteiger partial charge in [0.2, 0.25) is 0 Å². The number of nitriles is 1. The predicted molar refractivity (Wildman–Crippen MR) is 69.8 cm³/mol. The monoisotopic (exact) mass is 250 g/mol. The third-order valence-corrected chi connectivity index (χ3v) is 4.02. The van der Waals surface area contributed by atoms with Crippen LogP contribution in [0.25, 0.3) is 0 Å². The van der Waals surface area contributed by atoms with Crippen molar-refractivity contribution in [2.45, 2.75) is 24.3 Å². The van der Waals surface area contributed by atoms with Gasteiger partial charge in [-0.1, -0.05) is 13.8 Å². The first-order chi connectivity index (χ1) is 8.08. The van der Waals surface area contributed by atoms with Crippen LogP contribution in [0.5, 0.6) is 0 Å². The minimum absolute atomic E-state index is 0.336. The summed E-state index contributed by atoms with van der Waals surface area (Å²) in [6.07, 6.45) is 0. The molecule has 0 aromatic heterocycles. The van der Waals surface area contributed by atoms with Crippen molar-refractivity contribution in [3.8, 4) is 6.07 Å². The van der Waals surface area contributed by atoms with Crippen LogP contribution in [0.4, 0.5) is 10.1 Å². The van der Waals surface area contributed by atoms with E-state index in [4.69, 9.17) is 5.26 Å². The lowest BCUT2D eigenvalue weighted by molar-refractivity contribution is 0.624. The Kier molecular flexibility index (Phi) is 3.58. The number of hydrogen-bond donors (Lipinski definition) is 0. The Morgan fingerprint density at radius 3 is 2.53 bits per heavy atom. The molecule has 0 aliphatic carbocycles. The summed E-state index contributed by atoms with van der Waals surface area (Å²) in [7, 11) is 0. The molecule has 4 heteroatoms. The zero-order chi connectivity index (χ0) is 12.4. The van der Waals surface area contributed by atoms with E-state index in [0.717, 1.165) is 18.8 Å². The number of anilines is 1. The van der Waals surface area contributed by atoms with Crippen molar-refractivity contribution in [3.05, 3.63) is 29.6 Å². The van der Waals surface area contributed by atoms with Gasteiger partial charge in [0.05, 0.1) is 11.6 Å². The molecule has 0 N–H and O–H groups in total. The topological polar surface area (TPSA) is 27.0 Å². The molecule has 0 bridgehead atoms. The largest absolute Gasteiger partial charge is 0.369 e. The summed E-state index contributed by atoms with van der Waals surface area (Å²) >= 11 is 1.95. The number of halogens is 1. The Balaban J connectivity index is 2.27. The number of benzene rings is 1. The molecule has 1 heterocycles. The first-order valence-electron chi connectivity index (χ1n) is 5.69.